The third kappa shape index (κ3) is 4.51. The van der Waals surface area contributed by atoms with Crippen LogP contribution in [0.5, 0.6) is 0 Å². The number of rotatable bonds is 4. The molecule has 30 heavy (non-hydrogen) atoms. The molecule has 2 aliphatic rings. The van der Waals surface area contributed by atoms with E-state index in [4.69, 9.17) is 0 Å². The van der Waals surface area contributed by atoms with Crippen LogP contribution in [0.3, 0.4) is 0 Å². The zero-order valence-corrected chi connectivity index (χ0v) is 18.8. The quantitative estimate of drug-likeness (QED) is 0.435. The van der Waals surface area contributed by atoms with Gasteiger partial charge in [0.1, 0.15) is 5.69 Å². The maximum absolute atomic E-state index is 13.3. The van der Waals surface area contributed by atoms with Gasteiger partial charge in [-0.1, -0.05) is 38.6 Å². The van der Waals surface area contributed by atoms with Gasteiger partial charge in [-0.15, -0.1) is 11.3 Å². The molecule has 0 unspecified atom stereocenters. The number of thiophene rings is 1. The molecule has 0 radical (unpaired) electrons. The molecule has 1 saturated carbocycles. The summed E-state index contributed by atoms with van der Waals surface area (Å²) in [6.45, 7) is 7.42. The molecule has 1 aliphatic heterocycles. The first-order valence-corrected chi connectivity index (χ1v) is 11.7. The molecular formula is C21H24F3N3OS2. The number of nitrogens with zero attached hydrogens (tertiary/aromatic N) is 3. The smallest absolute Gasteiger partial charge is 0.338 e. The van der Waals surface area contributed by atoms with Gasteiger partial charge in [0.05, 0.1) is 16.3 Å². The first-order chi connectivity index (χ1) is 13.9. The van der Waals surface area contributed by atoms with Gasteiger partial charge in [-0.3, -0.25) is 4.79 Å². The molecule has 2 bridgehead atoms. The summed E-state index contributed by atoms with van der Waals surface area (Å²) in [5.74, 6) is -0.0109. The third-order valence-electron chi connectivity index (χ3n) is 5.83. The number of thioether (sulfide) groups is 1. The van der Waals surface area contributed by atoms with Gasteiger partial charge in [-0.25, -0.2) is 9.97 Å². The topological polar surface area (TPSA) is 46.1 Å². The number of halogens is 3. The number of fused-ring (bicyclic) bond motifs is 2. The van der Waals surface area contributed by atoms with Crippen LogP contribution in [0.4, 0.5) is 13.2 Å². The lowest BCUT2D eigenvalue weighted by Crippen LogP contribution is -2.38. The molecule has 1 amide bonds. The van der Waals surface area contributed by atoms with E-state index in [0.717, 1.165) is 37.1 Å². The molecule has 0 spiro atoms. The molecule has 1 aliphatic carbocycles. The van der Waals surface area contributed by atoms with Gasteiger partial charge in [-0.05, 0) is 47.6 Å². The Labute approximate surface area is 182 Å². The van der Waals surface area contributed by atoms with Crippen LogP contribution < -0.4 is 0 Å². The highest BCUT2D eigenvalue weighted by Crippen LogP contribution is 2.52. The van der Waals surface area contributed by atoms with Gasteiger partial charge in [0.15, 0.2) is 5.16 Å². The number of alkyl halides is 3. The largest absolute Gasteiger partial charge is 0.433 e. The lowest BCUT2D eigenvalue weighted by atomic mass is 9.65. The minimum absolute atomic E-state index is 0.0183. The Bertz CT molecular complexity index is 945. The average Bonchev–Trinajstić information content (AvgIpc) is 3.24. The molecule has 0 N–H and O–H groups in total. The number of hydrogen-bond donors (Lipinski definition) is 0. The van der Waals surface area contributed by atoms with Crippen LogP contribution in [0, 0.1) is 10.8 Å². The van der Waals surface area contributed by atoms with E-state index >= 15 is 0 Å². The van der Waals surface area contributed by atoms with Gasteiger partial charge in [0.25, 0.3) is 0 Å². The second-order valence-corrected chi connectivity index (χ2v) is 11.3. The van der Waals surface area contributed by atoms with E-state index in [-0.39, 0.29) is 39.4 Å². The Hall–Kier alpha value is -1.61. The maximum atomic E-state index is 13.3. The van der Waals surface area contributed by atoms with Gasteiger partial charge in [0.2, 0.25) is 5.91 Å². The van der Waals surface area contributed by atoms with Crippen LogP contribution in [0.15, 0.2) is 28.7 Å². The van der Waals surface area contributed by atoms with Gasteiger partial charge < -0.3 is 4.90 Å². The van der Waals surface area contributed by atoms with Crippen molar-refractivity contribution in [2.75, 3.05) is 12.3 Å². The Morgan fingerprint density at radius 1 is 1.30 bits per heavy atom. The fourth-order valence-electron chi connectivity index (χ4n) is 5.15. The number of aromatic nitrogens is 2. The molecule has 4 rings (SSSR count). The van der Waals surface area contributed by atoms with Crippen molar-refractivity contribution in [3.05, 3.63) is 29.3 Å². The SMILES string of the molecule is CC1(C)C[C@H]2C[C@@](C)(CN2C(=O)CSc2nc(-c3cccs3)cc(C(F)(F)F)n2)C1. The van der Waals surface area contributed by atoms with Crippen LogP contribution in [0.25, 0.3) is 10.6 Å². The van der Waals surface area contributed by atoms with E-state index in [1.54, 1.807) is 17.5 Å². The third-order valence-corrected chi connectivity index (χ3v) is 7.55. The summed E-state index contributed by atoms with van der Waals surface area (Å²) >= 11 is 2.30. The van der Waals surface area contributed by atoms with E-state index in [1.807, 2.05) is 4.90 Å². The summed E-state index contributed by atoms with van der Waals surface area (Å²) in [4.78, 5) is 23.5. The van der Waals surface area contributed by atoms with Crippen LogP contribution in [0.2, 0.25) is 0 Å². The van der Waals surface area contributed by atoms with Crippen molar-refractivity contribution in [3.8, 4) is 10.6 Å². The van der Waals surface area contributed by atoms with Crippen LogP contribution in [-0.2, 0) is 11.0 Å². The van der Waals surface area contributed by atoms with E-state index in [0.29, 0.717) is 11.4 Å². The van der Waals surface area contributed by atoms with Gasteiger partial charge in [0, 0.05) is 12.6 Å². The molecule has 162 valence electrons. The first kappa shape index (κ1) is 21.6. The standard InChI is InChI=1S/C21H24F3N3OS2/c1-19(2)8-13-9-20(3,11-19)12-27(13)17(28)10-30-18-25-14(15-5-4-6-29-15)7-16(26-18)21(22,23)24/h4-7,13H,8-12H2,1-3H3/t13-,20+/m0/s1. The highest BCUT2D eigenvalue weighted by molar-refractivity contribution is 7.99. The predicted octanol–water partition coefficient (Wildman–Crippen LogP) is 5.74. The molecule has 0 aromatic carbocycles. The van der Waals surface area contributed by atoms with E-state index in [1.165, 1.54) is 11.3 Å². The van der Waals surface area contributed by atoms with Crippen molar-refractivity contribution in [2.45, 2.75) is 57.4 Å². The predicted molar refractivity (Wildman–Crippen MR) is 112 cm³/mol. The minimum Gasteiger partial charge on any atom is -0.338 e. The minimum atomic E-state index is -4.57. The van der Waals surface area contributed by atoms with Crippen molar-refractivity contribution >= 4 is 29.0 Å². The summed E-state index contributed by atoms with van der Waals surface area (Å²) in [5, 5.41) is 1.77. The Morgan fingerprint density at radius 3 is 2.73 bits per heavy atom. The summed E-state index contributed by atoms with van der Waals surface area (Å²) in [6, 6.07) is 4.65. The molecule has 2 fully saturated rings. The van der Waals surface area contributed by atoms with Crippen molar-refractivity contribution in [2.24, 2.45) is 10.8 Å². The fraction of sp³-hybridized carbons (Fsp3) is 0.571. The average molecular weight is 456 g/mol. The second kappa shape index (κ2) is 7.51. The van der Waals surface area contributed by atoms with E-state index < -0.39 is 11.9 Å². The van der Waals surface area contributed by atoms with Crippen LogP contribution >= 0.6 is 23.1 Å². The van der Waals surface area contributed by atoms with Gasteiger partial charge in [-0.2, -0.15) is 13.2 Å². The Balaban J connectivity index is 1.51. The number of carbonyl (C=O) groups excluding carboxylic acids is 1. The monoisotopic (exact) mass is 455 g/mol. The highest BCUT2D eigenvalue weighted by atomic mass is 32.2. The normalized spacial score (nSPS) is 25.5. The molecule has 9 heteroatoms. The van der Waals surface area contributed by atoms with Crippen molar-refractivity contribution < 1.29 is 18.0 Å². The number of carbonyl (C=O) groups is 1. The van der Waals surface area contributed by atoms with Crippen molar-refractivity contribution in [1.82, 2.24) is 14.9 Å². The maximum Gasteiger partial charge on any atom is 0.433 e. The number of hydrogen-bond acceptors (Lipinski definition) is 5. The zero-order chi connectivity index (χ0) is 21.7. The lowest BCUT2D eigenvalue weighted by Gasteiger charge is -2.39. The molecular weight excluding hydrogens is 431 g/mol. The lowest BCUT2D eigenvalue weighted by molar-refractivity contribution is -0.141. The van der Waals surface area contributed by atoms with E-state index in [9.17, 15) is 18.0 Å². The zero-order valence-electron chi connectivity index (χ0n) is 17.1. The molecule has 2 aromatic heterocycles. The highest BCUT2D eigenvalue weighted by Gasteiger charge is 2.50. The number of amides is 1. The summed E-state index contributed by atoms with van der Waals surface area (Å²) in [7, 11) is 0. The molecule has 4 nitrogen and oxygen atoms in total. The molecule has 2 aromatic rings. The molecule has 3 heterocycles. The van der Waals surface area contributed by atoms with Crippen LogP contribution in [0.1, 0.15) is 45.7 Å². The summed E-state index contributed by atoms with van der Waals surface area (Å²) < 4.78 is 40.0. The number of likely N-dealkylation sites (tertiary alicyclic amines) is 1. The second-order valence-electron chi connectivity index (χ2n) is 9.42. The summed E-state index contributed by atoms with van der Waals surface area (Å²) in [6.07, 6.45) is -1.54. The Morgan fingerprint density at radius 2 is 2.07 bits per heavy atom. The van der Waals surface area contributed by atoms with Crippen molar-refractivity contribution in [3.63, 3.8) is 0 Å². The van der Waals surface area contributed by atoms with Crippen LogP contribution in [-0.4, -0.2) is 39.1 Å². The first-order valence-electron chi connectivity index (χ1n) is 9.87. The van der Waals surface area contributed by atoms with Gasteiger partial charge >= 0.3 is 6.18 Å². The Kier molecular flexibility index (Phi) is 5.41. The van der Waals surface area contributed by atoms with Crippen molar-refractivity contribution in [1.29, 1.82) is 0 Å². The summed E-state index contributed by atoms with van der Waals surface area (Å²) in [5.41, 5.74) is -0.443. The molecule has 1 saturated heterocycles. The fourth-order valence-corrected chi connectivity index (χ4v) is 6.58. The molecule has 2 atom stereocenters. The van der Waals surface area contributed by atoms with E-state index in [2.05, 4.69) is 30.7 Å².